The summed E-state index contributed by atoms with van der Waals surface area (Å²) in [4.78, 5) is 29.7. The minimum atomic E-state index is -2.72. The number of nitrogens with one attached hydrogen (secondary N) is 2. The van der Waals surface area contributed by atoms with Crippen LogP contribution in [0, 0.1) is 12.8 Å². The molecule has 0 spiro atoms. The van der Waals surface area contributed by atoms with Crippen molar-refractivity contribution >= 4 is 28.3 Å². The number of alkyl halides is 3. The third-order valence-electron chi connectivity index (χ3n) is 7.40. The largest absolute Gasteiger partial charge is 0.338 e. The molecular formula is C26H30F3N5O2. The molecule has 10 heteroatoms. The summed E-state index contributed by atoms with van der Waals surface area (Å²) < 4.78 is 43.1. The highest BCUT2D eigenvalue weighted by Crippen LogP contribution is 2.32. The first kappa shape index (κ1) is 24.4. The highest BCUT2D eigenvalue weighted by Gasteiger charge is 2.36. The molecule has 7 nitrogen and oxygen atoms in total. The Morgan fingerprint density at radius 1 is 1.19 bits per heavy atom. The predicted molar refractivity (Wildman–Crippen MR) is 132 cm³/mol. The second kappa shape index (κ2) is 9.63. The van der Waals surface area contributed by atoms with Gasteiger partial charge in [0.2, 0.25) is 0 Å². The Hall–Kier alpha value is -3.30. The van der Waals surface area contributed by atoms with Crippen LogP contribution in [0.4, 0.5) is 24.7 Å². The van der Waals surface area contributed by atoms with Crippen molar-refractivity contribution in [2.45, 2.75) is 64.1 Å². The van der Waals surface area contributed by atoms with Gasteiger partial charge in [-0.2, -0.15) is 5.10 Å². The van der Waals surface area contributed by atoms with Gasteiger partial charge >= 0.3 is 0 Å². The quantitative estimate of drug-likeness (QED) is 0.505. The number of piperidine rings is 1. The Bertz CT molecular complexity index is 1320. The van der Waals surface area contributed by atoms with E-state index in [-0.39, 0.29) is 43.3 Å². The number of benzene rings is 1. The zero-order valence-corrected chi connectivity index (χ0v) is 20.2. The van der Waals surface area contributed by atoms with Gasteiger partial charge in [0, 0.05) is 55.8 Å². The number of H-pyrrole nitrogens is 1. The topological polar surface area (TPSA) is 83.0 Å². The summed E-state index contributed by atoms with van der Waals surface area (Å²) in [7, 11) is 0. The van der Waals surface area contributed by atoms with Gasteiger partial charge in [-0.1, -0.05) is 12.8 Å². The fraction of sp³-hybridized carbons (Fsp3) is 0.500. The summed E-state index contributed by atoms with van der Waals surface area (Å²) in [5.74, 6) is -2.77. The monoisotopic (exact) mass is 501 g/mol. The van der Waals surface area contributed by atoms with Gasteiger partial charge in [-0.15, -0.1) is 0 Å². The Morgan fingerprint density at radius 3 is 2.67 bits per heavy atom. The number of aromatic nitrogens is 3. The molecule has 5 rings (SSSR count). The van der Waals surface area contributed by atoms with Crippen molar-refractivity contribution in [2.75, 3.05) is 18.4 Å². The molecule has 2 fully saturated rings. The van der Waals surface area contributed by atoms with Crippen LogP contribution in [-0.2, 0) is 6.54 Å². The Morgan fingerprint density at radius 2 is 1.94 bits per heavy atom. The maximum atomic E-state index is 14.5. The number of nitrogens with zero attached hydrogens (tertiary/aromatic N) is 3. The first-order chi connectivity index (χ1) is 17.2. The van der Waals surface area contributed by atoms with Crippen LogP contribution in [0.2, 0.25) is 0 Å². The fourth-order valence-electron chi connectivity index (χ4n) is 5.28. The number of aryl methyl sites for hydroxylation is 1. The summed E-state index contributed by atoms with van der Waals surface area (Å²) in [5, 5.41) is 8.19. The molecule has 1 amide bonds. The van der Waals surface area contributed by atoms with Crippen molar-refractivity contribution in [2.24, 2.45) is 5.92 Å². The average molecular weight is 502 g/mol. The third-order valence-corrected chi connectivity index (χ3v) is 7.40. The van der Waals surface area contributed by atoms with E-state index < -0.39 is 12.1 Å². The van der Waals surface area contributed by atoms with Crippen LogP contribution >= 0.6 is 0 Å². The van der Waals surface area contributed by atoms with Crippen LogP contribution in [0.3, 0.4) is 0 Å². The summed E-state index contributed by atoms with van der Waals surface area (Å²) in [6.45, 7) is 2.23. The number of pyridine rings is 1. The Labute approximate surface area is 206 Å². The van der Waals surface area contributed by atoms with Gasteiger partial charge in [0.1, 0.15) is 11.6 Å². The second-order valence-corrected chi connectivity index (χ2v) is 9.96. The fourth-order valence-corrected chi connectivity index (χ4v) is 5.28. The van der Waals surface area contributed by atoms with Crippen molar-refractivity contribution in [3.05, 3.63) is 51.9 Å². The molecule has 0 radical (unpaired) electrons. The molecule has 1 aromatic carbocycles. The number of likely N-dealkylation sites (tertiary alicyclic amines) is 1. The van der Waals surface area contributed by atoms with Gasteiger partial charge in [0.25, 0.3) is 17.4 Å². The number of rotatable bonds is 5. The van der Waals surface area contributed by atoms with Crippen LogP contribution in [0.25, 0.3) is 10.9 Å². The van der Waals surface area contributed by atoms with E-state index in [2.05, 4.69) is 15.4 Å². The first-order valence-corrected chi connectivity index (χ1v) is 12.5. The summed E-state index contributed by atoms with van der Waals surface area (Å²) in [6.07, 6.45) is 3.25. The Balaban J connectivity index is 1.38. The molecule has 2 aromatic heterocycles. The van der Waals surface area contributed by atoms with E-state index >= 15 is 0 Å². The van der Waals surface area contributed by atoms with Crippen LogP contribution in [0.15, 0.2) is 35.3 Å². The summed E-state index contributed by atoms with van der Waals surface area (Å²) in [5.41, 5.74) is 2.09. The number of carbonyl (C=O) groups is 1. The maximum absolute atomic E-state index is 14.5. The molecular weight excluding hydrogens is 471 g/mol. The smallest absolute Gasteiger partial charge is 0.261 e. The minimum absolute atomic E-state index is 0.0260. The number of amides is 1. The molecule has 2 unspecified atom stereocenters. The molecule has 1 saturated carbocycles. The second-order valence-electron chi connectivity index (χ2n) is 9.96. The molecule has 1 aliphatic heterocycles. The van der Waals surface area contributed by atoms with Gasteiger partial charge in [-0.05, 0) is 49.6 Å². The summed E-state index contributed by atoms with van der Waals surface area (Å²) >= 11 is 0. The molecule has 3 heterocycles. The lowest BCUT2D eigenvalue weighted by molar-refractivity contribution is -0.0494. The molecule has 2 atom stereocenters. The summed E-state index contributed by atoms with van der Waals surface area (Å²) in [6, 6.07) is 6.90. The van der Waals surface area contributed by atoms with Crippen LogP contribution in [0.5, 0.6) is 0 Å². The highest BCUT2D eigenvalue weighted by atomic mass is 19.3. The average Bonchev–Trinajstić information content (AvgIpc) is 3.18. The number of hydrogen-bond acceptors (Lipinski definition) is 4. The number of halogens is 3. The third kappa shape index (κ3) is 4.85. The lowest BCUT2D eigenvalue weighted by atomic mass is 9.87. The SMILES string of the molecule is Cc1cc(Nc2nn(CC3CCCCC3F)c3cc[nH]c(=O)c23)ccc1C(=O)N1CCC(F)(F)CC1. The molecule has 0 bridgehead atoms. The number of anilines is 2. The van der Waals surface area contributed by atoms with Crippen molar-refractivity contribution in [3.63, 3.8) is 0 Å². The minimum Gasteiger partial charge on any atom is -0.338 e. The first-order valence-electron chi connectivity index (χ1n) is 12.5. The molecule has 192 valence electrons. The normalized spacial score (nSPS) is 22.1. The van der Waals surface area contributed by atoms with Crippen molar-refractivity contribution in [1.29, 1.82) is 0 Å². The molecule has 36 heavy (non-hydrogen) atoms. The van der Waals surface area contributed by atoms with Gasteiger partial charge in [0.15, 0.2) is 5.82 Å². The van der Waals surface area contributed by atoms with E-state index in [1.807, 2.05) is 0 Å². The zero-order chi connectivity index (χ0) is 25.4. The Kier molecular flexibility index (Phi) is 6.53. The number of fused-ring (bicyclic) bond motifs is 1. The lowest BCUT2D eigenvalue weighted by Crippen LogP contribution is -2.42. The van der Waals surface area contributed by atoms with Gasteiger partial charge in [-0.3, -0.25) is 14.3 Å². The van der Waals surface area contributed by atoms with E-state index in [0.717, 1.165) is 19.3 Å². The molecule has 2 aliphatic rings. The zero-order valence-electron chi connectivity index (χ0n) is 20.2. The predicted octanol–water partition coefficient (Wildman–Crippen LogP) is 5.18. The van der Waals surface area contributed by atoms with Crippen LogP contribution in [0.1, 0.15) is 54.4 Å². The molecule has 1 aliphatic carbocycles. The number of hydrogen-bond donors (Lipinski definition) is 2. The molecule has 1 saturated heterocycles. The van der Waals surface area contributed by atoms with E-state index in [9.17, 15) is 22.8 Å². The van der Waals surface area contributed by atoms with E-state index in [1.165, 1.54) is 4.90 Å². The lowest BCUT2D eigenvalue weighted by Gasteiger charge is -2.32. The van der Waals surface area contributed by atoms with Crippen molar-refractivity contribution < 1.29 is 18.0 Å². The standard InChI is InChI=1S/C26H30F3N5O2/c1-16-14-18(6-7-19(16)25(36)33-12-9-26(28,29)10-13-33)31-23-22-21(8-11-30-24(22)35)34(32-23)15-17-4-2-3-5-20(17)27/h6-8,11,14,17,20H,2-5,9-10,12-13,15H2,1H3,(H,30,35)(H,31,32). The van der Waals surface area contributed by atoms with E-state index in [0.29, 0.717) is 46.5 Å². The highest BCUT2D eigenvalue weighted by molar-refractivity contribution is 5.96. The van der Waals surface area contributed by atoms with Crippen LogP contribution in [-0.4, -0.2) is 50.8 Å². The molecule has 3 aromatic rings. The van der Waals surface area contributed by atoms with E-state index in [1.54, 1.807) is 42.1 Å². The maximum Gasteiger partial charge on any atom is 0.261 e. The van der Waals surface area contributed by atoms with Gasteiger partial charge in [0.05, 0.1) is 5.52 Å². The number of carbonyl (C=O) groups excluding carboxylic acids is 1. The number of aromatic amines is 1. The molecule has 2 N–H and O–H groups in total. The van der Waals surface area contributed by atoms with Crippen LogP contribution < -0.4 is 10.9 Å². The van der Waals surface area contributed by atoms with Crippen molar-refractivity contribution in [1.82, 2.24) is 19.7 Å². The van der Waals surface area contributed by atoms with E-state index in [4.69, 9.17) is 0 Å². The van der Waals surface area contributed by atoms with Gasteiger partial charge in [-0.25, -0.2) is 13.2 Å². The van der Waals surface area contributed by atoms with Gasteiger partial charge < -0.3 is 15.2 Å². The van der Waals surface area contributed by atoms with Crippen molar-refractivity contribution in [3.8, 4) is 0 Å².